The molecule has 6 heteroatoms. The second kappa shape index (κ2) is 6.81. The number of aliphatic hydroxyl groups excluding tert-OH is 1. The number of hydrogen-bond donors (Lipinski definition) is 1. The van der Waals surface area contributed by atoms with Gasteiger partial charge in [-0.2, -0.15) is 0 Å². The third kappa shape index (κ3) is 3.11. The van der Waals surface area contributed by atoms with Crippen molar-refractivity contribution in [2.45, 2.75) is 44.8 Å². The SMILES string of the molecule is COc1ccc2c(c1)N(C(=O)[C@H]1C[C@H](O)CN1C(C)=O)CCCC2. The predicted molar refractivity (Wildman–Crippen MR) is 90.1 cm³/mol. The molecule has 0 aromatic heterocycles. The number of carbonyl (C=O) groups excluding carboxylic acids is 2. The van der Waals surface area contributed by atoms with E-state index < -0.39 is 12.1 Å². The average Bonchev–Trinajstić information content (AvgIpc) is 2.84. The van der Waals surface area contributed by atoms with E-state index in [9.17, 15) is 14.7 Å². The van der Waals surface area contributed by atoms with Gasteiger partial charge in [0.2, 0.25) is 11.8 Å². The van der Waals surface area contributed by atoms with E-state index in [0.29, 0.717) is 18.7 Å². The highest BCUT2D eigenvalue weighted by Gasteiger charge is 2.40. The van der Waals surface area contributed by atoms with Crippen LogP contribution in [0.2, 0.25) is 0 Å². The summed E-state index contributed by atoms with van der Waals surface area (Å²) in [7, 11) is 1.61. The number of anilines is 1. The first-order valence-electron chi connectivity index (χ1n) is 8.45. The molecule has 24 heavy (non-hydrogen) atoms. The highest BCUT2D eigenvalue weighted by molar-refractivity contribution is 6.00. The van der Waals surface area contributed by atoms with E-state index >= 15 is 0 Å². The van der Waals surface area contributed by atoms with Crippen LogP contribution in [0.1, 0.15) is 31.7 Å². The van der Waals surface area contributed by atoms with E-state index in [2.05, 4.69) is 0 Å². The van der Waals surface area contributed by atoms with Crippen LogP contribution in [0.4, 0.5) is 5.69 Å². The lowest BCUT2D eigenvalue weighted by Gasteiger charge is -2.30. The van der Waals surface area contributed by atoms with Crippen LogP contribution in [0.15, 0.2) is 18.2 Å². The van der Waals surface area contributed by atoms with Gasteiger partial charge in [-0.3, -0.25) is 9.59 Å². The number of rotatable bonds is 2. The van der Waals surface area contributed by atoms with Crippen molar-refractivity contribution in [3.8, 4) is 5.75 Å². The van der Waals surface area contributed by atoms with Crippen molar-refractivity contribution in [3.63, 3.8) is 0 Å². The molecule has 0 aliphatic carbocycles. The quantitative estimate of drug-likeness (QED) is 0.887. The molecule has 1 saturated heterocycles. The number of likely N-dealkylation sites (tertiary alicyclic amines) is 1. The Bertz CT molecular complexity index is 646. The smallest absolute Gasteiger partial charge is 0.249 e. The summed E-state index contributed by atoms with van der Waals surface area (Å²) in [5, 5.41) is 9.91. The minimum absolute atomic E-state index is 0.113. The van der Waals surface area contributed by atoms with Crippen LogP contribution in [-0.2, 0) is 16.0 Å². The predicted octanol–water partition coefficient (Wildman–Crippen LogP) is 1.35. The number of nitrogens with zero attached hydrogens (tertiary/aromatic N) is 2. The second-order valence-electron chi connectivity index (χ2n) is 6.52. The van der Waals surface area contributed by atoms with E-state index in [1.54, 1.807) is 12.0 Å². The summed E-state index contributed by atoms with van der Waals surface area (Å²) in [4.78, 5) is 28.2. The van der Waals surface area contributed by atoms with Gasteiger partial charge in [-0.25, -0.2) is 0 Å². The second-order valence-corrected chi connectivity index (χ2v) is 6.52. The van der Waals surface area contributed by atoms with Gasteiger partial charge in [0.05, 0.1) is 18.9 Å². The number of amides is 2. The fourth-order valence-corrected chi connectivity index (χ4v) is 3.64. The van der Waals surface area contributed by atoms with Crippen molar-refractivity contribution in [1.29, 1.82) is 0 Å². The van der Waals surface area contributed by atoms with Gasteiger partial charge in [0, 0.05) is 32.5 Å². The molecule has 6 nitrogen and oxygen atoms in total. The van der Waals surface area contributed by atoms with Gasteiger partial charge in [0.25, 0.3) is 0 Å². The van der Waals surface area contributed by atoms with Crippen LogP contribution in [0.5, 0.6) is 5.75 Å². The highest BCUT2D eigenvalue weighted by Crippen LogP contribution is 2.32. The van der Waals surface area contributed by atoms with Crippen LogP contribution in [-0.4, -0.2) is 54.2 Å². The Kier molecular flexibility index (Phi) is 4.76. The van der Waals surface area contributed by atoms with E-state index in [-0.39, 0.29) is 18.4 Å². The molecule has 3 rings (SSSR count). The summed E-state index contributed by atoms with van der Waals surface area (Å²) < 4.78 is 5.31. The Morgan fingerprint density at radius 1 is 1.29 bits per heavy atom. The molecule has 2 amide bonds. The molecule has 2 aliphatic heterocycles. The Balaban J connectivity index is 1.93. The Hall–Kier alpha value is -2.08. The molecular formula is C18H24N2O4. The molecular weight excluding hydrogens is 308 g/mol. The maximum absolute atomic E-state index is 13.2. The molecule has 1 fully saturated rings. The Labute approximate surface area is 142 Å². The molecule has 2 atom stereocenters. The van der Waals surface area contributed by atoms with Gasteiger partial charge in [0.1, 0.15) is 11.8 Å². The van der Waals surface area contributed by atoms with Crippen molar-refractivity contribution < 1.29 is 19.4 Å². The topological polar surface area (TPSA) is 70.1 Å². The van der Waals surface area contributed by atoms with Crippen LogP contribution < -0.4 is 9.64 Å². The standard InChI is InChI=1S/C18H24N2O4/c1-12(21)20-11-14(22)9-17(20)18(23)19-8-4-3-5-13-6-7-15(24-2)10-16(13)19/h6-7,10,14,17,22H,3-5,8-9,11H2,1-2H3/t14-,17+/m0/s1. The summed E-state index contributed by atoms with van der Waals surface area (Å²) in [5.74, 6) is 0.423. The molecule has 0 radical (unpaired) electrons. The van der Waals surface area contributed by atoms with E-state index in [4.69, 9.17) is 4.74 Å². The van der Waals surface area contributed by atoms with Gasteiger partial charge in [-0.15, -0.1) is 0 Å². The number of fused-ring (bicyclic) bond motifs is 1. The highest BCUT2D eigenvalue weighted by atomic mass is 16.5. The number of benzene rings is 1. The molecule has 130 valence electrons. The van der Waals surface area contributed by atoms with Gasteiger partial charge >= 0.3 is 0 Å². The molecule has 0 unspecified atom stereocenters. The van der Waals surface area contributed by atoms with Gasteiger partial charge in [0.15, 0.2) is 0 Å². The van der Waals surface area contributed by atoms with E-state index in [0.717, 1.165) is 30.5 Å². The zero-order chi connectivity index (χ0) is 17.3. The van der Waals surface area contributed by atoms with Crippen LogP contribution in [0, 0.1) is 0 Å². The van der Waals surface area contributed by atoms with E-state index in [1.807, 2.05) is 18.2 Å². The Morgan fingerprint density at radius 2 is 2.08 bits per heavy atom. The zero-order valence-corrected chi connectivity index (χ0v) is 14.2. The molecule has 1 N–H and O–H groups in total. The molecule has 2 heterocycles. The molecule has 0 bridgehead atoms. The van der Waals surface area contributed by atoms with Gasteiger partial charge in [-0.1, -0.05) is 6.07 Å². The summed E-state index contributed by atoms with van der Waals surface area (Å²) in [5.41, 5.74) is 1.98. The fraction of sp³-hybridized carbons (Fsp3) is 0.556. The molecule has 0 saturated carbocycles. The number of hydrogen-bond acceptors (Lipinski definition) is 4. The number of β-amino-alcohol motifs (C(OH)–C–C–N with tert-alkyl or cyclic N) is 1. The van der Waals surface area contributed by atoms with Crippen LogP contribution in [0.3, 0.4) is 0 Å². The number of ether oxygens (including phenoxy) is 1. The monoisotopic (exact) mass is 332 g/mol. The van der Waals surface area contributed by atoms with E-state index in [1.165, 1.54) is 11.8 Å². The largest absolute Gasteiger partial charge is 0.497 e. The lowest BCUT2D eigenvalue weighted by atomic mass is 10.1. The average molecular weight is 332 g/mol. The number of carbonyl (C=O) groups is 2. The van der Waals surface area contributed by atoms with Gasteiger partial charge < -0.3 is 19.6 Å². The first-order chi connectivity index (χ1) is 11.5. The third-order valence-electron chi connectivity index (χ3n) is 4.90. The first-order valence-corrected chi connectivity index (χ1v) is 8.45. The van der Waals surface area contributed by atoms with Crippen LogP contribution >= 0.6 is 0 Å². The van der Waals surface area contributed by atoms with Crippen molar-refractivity contribution in [2.75, 3.05) is 25.1 Å². The van der Waals surface area contributed by atoms with Crippen molar-refractivity contribution in [3.05, 3.63) is 23.8 Å². The number of aryl methyl sites for hydroxylation is 1. The molecule has 1 aromatic rings. The van der Waals surface area contributed by atoms with Crippen molar-refractivity contribution in [2.24, 2.45) is 0 Å². The lowest BCUT2D eigenvalue weighted by Crippen LogP contribution is -2.47. The normalized spacial score (nSPS) is 23.6. The summed E-state index contributed by atoms with van der Waals surface area (Å²) in [6, 6.07) is 5.22. The van der Waals surface area contributed by atoms with Crippen molar-refractivity contribution in [1.82, 2.24) is 4.90 Å². The summed E-state index contributed by atoms with van der Waals surface area (Å²) in [6.45, 7) is 2.29. The number of methoxy groups -OCH3 is 1. The summed E-state index contributed by atoms with van der Waals surface area (Å²) >= 11 is 0. The molecule has 2 aliphatic rings. The fourth-order valence-electron chi connectivity index (χ4n) is 3.64. The van der Waals surface area contributed by atoms with Crippen LogP contribution in [0.25, 0.3) is 0 Å². The maximum atomic E-state index is 13.2. The first kappa shape index (κ1) is 16.8. The Morgan fingerprint density at radius 3 is 2.79 bits per heavy atom. The lowest BCUT2D eigenvalue weighted by molar-refractivity contribution is -0.135. The minimum Gasteiger partial charge on any atom is -0.497 e. The molecule has 1 aromatic carbocycles. The summed E-state index contributed by atoms with van der Waals surface area (Å²) in [6.07, 6.45) is 2.52. The maximum Gasteiger partial charge on any atom is 0.249 e. The zero-order valence-electron chi connectivity index (χ0n) is 14.2. The van der Waals surface area contributed by atoms with Crippen molar-refractivity contribution >= 4 is 17.5 Å². The molecule has 0 spiro atoms. The third-order valence-corrected chi connectivity index (χ3v) is 4.90. The minimum atomic E-state index is -0.639. The van der Waals surface area contributed by atoms with Gasteiger partial charge in [-0.05, 0) is 30.9 Å². The number of aliphatic hydroxyl groups is 1.